The molecule has 1 aliphatic carbocycles. The molecule has 2 nitrogen and oxygen atoms in total. The van der Waals surface area contributed by atoms with Crippen LogP contribution in [-0.2, 0) is 0 Å². The minimum absolute atomic E-state index is 0.867. The third-order valence-corrected chi connectivity index (χ3v) is 1.70. The van der Waals surface area contributed by atoms with E-state index in [1.165, 1.54) is 24.1 Å². The molecule has 1 fully saturated rings. The van der Waals surface area contributed by atoms with E-state index in [0.29, 0.717) is 0 Å². The lowest BCUT2D eigenvalue weighted by molar-refractivity contribution is 0.707. The van der Waals surface area contributed by atoms with Gasteiger partial charge in [-0.25, -0.2) is 0 Å². The van der Waals surface area contributed by atoms with Gasteiger partial charge in [0.2, 0.25) is 0 Å². The number of hydrogen-bond acceptors (Lipinski definition) is 1. The van der Waals surface area contributed by atoms with Gasteiger partial charge in [0.15, 0.2) is 0 Å². The van der Waals surface area contributed by atoms with E-state index in [4.69, 9.17) is 0 Å². The van der Waals surface area contributed by atoms with Gasteiger partial charge in [-0.05, 0) is 18.4 Å². The zero-order chi connectivity index (χ0) is 6.10. The third kappa shape index (κ3) is 0.754. The van der Waals surface area contributed by atoms with Gasteiger partial charge in [0.05, 0.1) is 12.2 Å². The summed E-state index contributed by atoms with van der Waals surface area (Å²) in [6.07, 6.45) is 6.84. The summed E-state index contributed by atoms with van der Waals surface area (Å²) in [5, 5.41) is 0. The quantitative estimate of drug-likeness (QED) is 0.502. The van der Waals surface area contributed by atoms with E-state index in [0.717, 1.165) is 6.54 Å². The Hall–Kier alpha value is -0.760. The van der Waals surface area contributed by atoms with E-state index in [-0.39, 0.29) is 0 Å². The Labute approximate surface area is 54.6 Å². The molecular formula is C7H9N2. The van der Waals surface area contributed by atoms with Crippen LogP contribution in [0.4, 0.5) is 0 Å². The van der Waals surface area contributed by atoms with Crippen LogP contribution in [-0.4, -0.2) is 6.54 Å². The molecule has 0 atom stereocenters. The molecular weight excluding hydrogens is 112 g/mol. The fourth-order valence-electron chi connectivity index (χ4n) is 1.20. The Bertz CT molecular complexity index is 159. The highest BCUT2D eigenvalue weighted by atomic mass is 15.4. The van der Waals surface area contributed by atoms with Gasteiger partial charge in [0.1, 0.15) is 0 Å². The summed E-state index contributed by atoms with van der Waals surface area (Å²) < 4.78 is 0. The molecule has 0 aromatic rings. The van der Waals surface area contributed by atoms with E-state index in [1.807, 2.05) is 0 Å². The maximum absolute atomic E-state index is 4.04. The van der Waals surface area contributed by atoms with Crippen molar-refractivity contribution in [3.05, 3.63) is 23.4 Å². The summed E-state index contributed by atoms with van der Waals surface area (Å²) in [5.74, 6) is 0. The first-order valence-electron chi connectivity index (χ1n) is 3.29. The number of nitrogens with zero attached hydrogens (tertiary/aromatic N) is 1. The topological polar surface area (TPSA) is 26.1 Å². The molecule has 0 bridgehead atoms. The van der Waals surface area contributed by atoms with E-state index in [2.05, 4.69) is 23.0 Å². The van der Waals surface area contributed by atoms with Crippen LogP contribution in [0.15, 0.2) is 23.4 Å². The van der Waals surface area contributed by atoms with Crippen molar-refractivity contribution in [1.29, 1.82) is 0 Å². The average molecular weight is 121 g/mol. The maximum atomic E-state index is 4.04. The number of allylic oxidation sites excluding steroid dienone is 2. The predicted molar refractivity (Wildman–Crippen MR) is 35.5 cm³/mol. The first-order chi connectivity index (χ1) is 4.47. The Morgan fingerprint density at radius 1 is 1.33 bits per heavy atom. The van der Waals surface area contributed by atoms with Gasteiger partial charge >= 0.3 is 0 Å². The summed E-state index contributed by atoms with van der Waals surface area (Å²) in [4.78, 5) is 0. The molecule has 0 spiro atoms. The van der Waals surface area contributed by atoms with Crippen molar-refractivity contribution in [2.24, 2.45) is 0 Å². The third-order valence-electron chi connectivity index (χ3n) is 1.70. The van der Waals surface area contributed by atoms with Gasteiger partial charge in [-0.1, -0.05) is 12.2 Å². The summed E-state index contributed by atoms with van der Waals surface area (Å²) in [7, 11) is 0. The van der Waals surface area contributed by atoms with Crippen LogP contribution in [0.25, 0.3) is 0 Å². The first kappa shape index (κ1) is 5.06. The van der Waals surface area contributed by atoms with E-state index < -0.39 is 0 Å². The summed E-state index contributed by atoms with van der Waals surface area (Å²) >= 11 is 0. The molecule has 1 N–H and O–H groups in total. The Balaban J connectivity index is 2.30. The predicted octanol–water partition coefficient (Wildman–Crippen LogP) is 0.713. The van der Waals surface area contributed by atoms with Crippen molar-refractivity contribution in [1.82, 2.24) is 10.9 Å². The standard InChI is InChI=1S/C7H9N2/c1-2-4-7-6(3-1)5-8-9-7/h3-4,9H,1-2,5H2. The first-order valence-corrected chi connectivity index (χ1v) is 3.29. The lowest BCUT2D eigenvalue weighted by Crippen LogP contribution is -2.12. The highest BCUT2D eigenvalue weighted by Gasteiger charge is 2.14. The van der Waals surface area contributed by atoms with Crippen molar-refractivity contribution >= 4 is 0 Å². The molecule has 1 saturated heterocycles. The molecule has 2 aliphatic rings. The Morgan fingerprint density at radius 3 is 3.11 bits per heavy atom. The van der Waals surface area contributed by atoms with E-state index >= 15 is 0 Å². The molecule has 2 heteroatoms. The van der Waals surface area contributed by atoms with Crippen LogP contribution in [0.2, 0.25) is 0 Å². The monoisotopic (exact) mass is 121 g/mol. The molecule has 1 radical (unpaired) electrons. The van der Waals surface area contributed by atoms with Crippen LogP contribution >= 0.6 is 0 Å². The summed E-state index contributed by atoms with van der Waals surface area (Å²) in [6, 6.07) is 0. The number of fused-ring (bicyclic) bond motifs is 1. The highest BCUT2D eigenvalue weighted by Crippen LogP contribution is 2.18. The number of nitrogens with one attached hydrogen (secondary N) is 1. The van der Waals surface area contributed by atoms with Crippen LogP contribution in [0.5, 0.6) is 0 Å². The average Bonchev–Trinajstić information content (AvgIpc) is 2.33. The molecule has 9 heavy (non-hydrogen) atoms. The lowest BCUT2D eigenvalue weighted by atomic mass is 10.1. The van der Waals surface area contributed by atoms with Gasteiger partial charge in [0.25, 0.3) is 0 Å². The van der Waals surface area contributed by atoms with Gasteiger partial charge in [-0.15, -0.1) is 5.43 Å². The minimum Gasteiger partial charge on any atom is -0.304 e. The second-order valence-corrected chi connectivity index (χ2v) is 2.35. The van der Waals surface area contributed by atoms with Crippen LogP contribution in [0.3, 0.4) is 0 Å². The van der Waals surface area contributed by atoms with E-state index in [9.17, 15) is 0 Å². The van der Waals surface area contributed by atoms with Crippen LogP contribution < -0.4 is 10.9 Å². The second-order valence-electron chi connectivity index (χ2n) is 2.35. The molecule has 0 aromatic carbocycles. The minimum atomic E-state index is 0.867. The highest BCUT2D eigenvalue weighted by molar-refractivity contribution is 5.35. The van der Waals surface area contributed by atoms with Gasteiger partial charge in [-0.3, -0.25) is 0 Å². The SMILES string of the molecule is C1=C2C[N]NC2=CCC1. The van der Waals surface area contributed by atoms with Crippen molar-refractivity contribution < 1.29 is 0 Å². The smallest absolute Gasteiger partial charge is 0.0626 e. The van der Waals surface area contributed by atoms with Crippen molar-refractivity contribution in [3.8, 4) is 0 Å². The van der Waals surface area contributed by atoms with Crippen molar-refractivity contribution in [3.63, 3.8) is 0 Å². The van der Waals surface area contributed by atoms with Crippen LogP contribution in [0.1, 0.15) is 12.8 Å². The van der Waals surface area contributed by atoms with Gasteiger partial charge in [0, 0.05) is 0 Å². The fourth-order valence-corrected chi connectivity index (χ4v) is 1.20. The van der Waals surface area contributed by atoms with Crippen LogP contribution in [0, 0.1) is 0 Å². The maximum Gasteiger partial charge on any atom is 0.0626 e. The number of hydrogen-bond donors (Lipinski definition) is 1. The Morgan fingerprint density at radius 2 is 2.22 bits per heavy atom. The second kappa shape index (κ2) is 1.88. The molecule has 0 amide bonds. The summed E-state index contributed by atoms with van der Waals surface area (Å²) in [6.45, 7) is 0.867. The van der Waals surface area contributed by atoms with Crippen molar-refractivity contribution in [2.45, 2.75) is 12.8 Å². The van der Waals surface area contributed by atoms with E-state index in [1.54, 1.807) is 0 Å². The summed E-state index contributed by atoms with van der Waals surface area (Å²) in [5.41, 5.74) is 9.63. The zero-order valence-electron chi connectivity index (χ0n) is 5.22. The number of rotatable bonds is 0. The van der Waals surface area contributed by atoms with Gasteiger partial charge in [-0.2, -0.15) is 0 Å². The molecule has 1 aliphatic heterocycles. The molecule has 0 aromatic heterocycles. The van der Waals surface area contributed by atoms with Crippen molar-refractivity contribution in [2.75, 3.05) is 6.54 Å². The molecule has 0 saturated carbocycles. The fraction of sp³-hybridized carbons (Fsp3) is 0.429. The normalized spacial score (nSPS) is 24.0. The largest absolute Gasteiger partial charge is 0.304 e. The molecule has 47 valence electrons. The Kier molecular flexibility index (Phi) is 1.06. The lowest BCUT2D eigenvalue weighted by Gasteiger charge is -2.03. The zero-order valence-corrected chi connectivity index (χ0v) is 5.22. The van der Waals surface area contributed by atoms with Gasteiger partial charge < -0.3 is 5.43 Å². The molecule has 2 rings (SSSR count). The molecule has 1 heterocycles. The molecule has 0 unspecified atom stereocenters.